The van der Waals surface area contributed by atoms with Gasteiger partial charge in [0, 0.05) is 23.9 Å². The number of rotatable bonds is 0. The number of nitrogens with one attached hydrogen (secondary N) is 1. The molecule has 0 aliphatic carbocycles. The number of imidazole rings is 1. The summed E-state index contributed by atoms with van der Waals surface area (Å²) in [5, 5.41) is 4.51. The van der Waals surface area contributed by atoms with Gasteiger partial charge in [-0.2, -0.15) is 0 Å². The molecule has 3 N–H and O–H groups in total. The Hall–Kier alpha value is -2.30. The van der Waals surface area contributed by atoms with Gasteiger partial charge in [0.15, 0.2) is 5.82 Å². The molecule has 3 heterocycles. The fraction of sp³-hybridized carbons (Fsp3) is 0.333. The zero-order chi connectivity index (χ0) is 13.9. The summed E-state index contributed by atoms with van der Waals surface area (Å²) in [5.41, 5.74) is 9.08. The van der Waals surface area contributed by atoms with Gasteiger partial charge in [0.05, 0.1) is 11.0 Å². The minimum Gasteiger partial charge on any atom is -0.382 e. The van der Waals surface area contributed by atoms with E-state index < -0.39 is 0 Å². The molecular formula is C15H17N5. The highest BCUT2D eigenvalue weighted by atomic mass is 15.2. The summed E-state index contributed by atoms with van der Waals surface area (Å²) in [5.74, 6) is 1.39. The summed E-state index contributed by atoms with van der Waals surface area (Å²) < 4.78 is 2.24. The van der Waals surface area contributed by atoms with E-state index in [1.165, 1.54) is 0 Å². The van der Waals surface area contributed by atoms with Crippen LogP contribution in [0.2, 0.25) is 0 Å². The summed E-state index contributed by atoms with van der Waals surface area (Å²) in [7, 11) is 0. The molecule has 3 aromatic rings. The van der Waals surface area contributed by atoms with Crippen LogP contribution in [0.3, 0.4) is 0 Å². The van der Waals surface area contributed by atoms with Crippen LogP contribution in [-0.4, -0.2) is 21.1 Å². The van der Waals surface area contributed by atoms with E-state index >= 15 is 0 Å². The Balaban J connectivity index is 2.15. The second-order valence-corrected chi connectivity index (χ2v) is 6.25. The van der Waals surface area contributed by atoms with E-state index in [9.17, 15) is 0 Å². The van der Waals surface area contributed by atoms with Gasteiger partial charge < -0.3 is 15.6 Å². The number of nitrogens with zero attached hydrogens (tertiary/aromatic N) is 3. The Kier molecular flexibility index (Phi) is 2.09. The average Bonchev–Trinajstić information content (AvgIpc) is 2.77. The third kappa shape index (κ3) is 1.49. The molecule has 4 rings (SSSR count). The van der Waals surface area contributed by atoms with Gasteiger partial charge in [0.1, 0.15) is 5.52 Å². The second kappa shape index (κ2) is 3.62. The van der Waals surface area contributed by atoms with E-state index in [1.807, 2.05) is 18.2 Å². The molecule has 2 aromatic heterocycles. The molecular weight excluding hydrogens is 250 g/mol. The van der Waals surface area contributed by atoms with Crippen LogP contribution in [0.4, 0.5) is 11.8 Å². The Morgan fingerprint density at radius 1 is 1.25 bits per heavy atom. The van der Waals surface area contributed by atoms with E-state index in [2.05, 4.69) is 39.8 Å². The van der Waals surface area contributed by atoms with Crippen molar-refractivity contribution >= 4 is 33.7 Å². The number of fused-ring (bicyclic) bond motifs is 5. The van der Waals surface area contributed by atoms with Crippen molar-refractivity contribution in [3.05, 3.63) is 24.3 Å². The van der Waals surface area contributed by atoms with Gasteiger partial charge in [-0.3, -0.25) is 0 Å². The molecule has 0 fully saturated rings. The lowest BCUT2D eigenvalue weighted by Crippen LogP contribution is -2.34. The Morgan fingerprint density at radius 3 is 2.90 bits per heavy atom. The molecule has 0 spiro atoms. The highest BCUT2D eigenvalue weighted by Crippen LogP contribution is 2.35. The smallest absolute Gasteiger partial charge is 0.204 e. The molecule has 0 unspecified atom stereocenters. The van der Waals surface area contributed by atoms with Gasteiger partial charge in [0.2, 0.25) is 5.95 Å². The van der Waals surface area contributed by atoms with Crippen LogP contribution in [-0.2, 0) is 6.54 Å². The van der Waals surface area contributed by atoms with E-state index in [1.54, 1.807) is 0 Å². The van der Waals surface area contributed by atoms with Crippen molar-refractivity contribution in [1.82, 2.24) is 14.5 Å². The Bertz CT molecular complexity index is 831. The van der Waals surface area contributed by atoms with Crippen molar-refractivity contribution < 1.29 is 0 Å². The molecule has 0 amide bonds. The standard InChI is InChI=1S/C15H17N5/c1-15(2)7-17-14-19-11-12(20(14)8-15)9-5-3-4-6-10(9)18-13(11)16/h3-6H,7-8H2,1-2H3,(H2,16,18)(H,17,19). The molecule has 20 heavy (non-hydrogen) atoms. The molecule has 0 atom stereocenters. The zero-order valence-electron chi connectivity index (χ0n) is 11.6. The molecule has 0 saturated carbocycles. The fourth-order valence-electron chi connectivity index (χ4n) is 2.95. The molecule has 1 aliphatic heterocycles. The van der Waals surface area contributed by atoms with Crippen LogP contribution in [0.5, 0.6) is 0 Å². The molecule has 5 nitrogen and oxygen atoms in total. The molecule has 1 aliphatic rings. The van der Waals surface area contributed by atoms with Crippen molar-refractivity contribution in [2.24, 2.45) is 5.41 Å². The third-order valence-electron chi connectivity index (χ3n) is 3.92. The molecule has 0 radical (unpaired) electrons. The van der Waals surface area contributed by atoms with Gasteiger partial charge in [-0.25, -0.2) is 9.97 Å². The number of nitrogen functional groups attached to an aromatic ring is 1. The van der Waals surface area contributed by atoms with Crippen molar-refractivity contribution in [2.75, 3.05) is 17.6 Å². The van der Waals surface area contributed by atoms with Crippen LogP contribution < -0.4 is 11.1 Å². The largest absolute Gasteiger partial charge is 0.382 e. The third-order valence-corrected chi connectivity index (χ3v) is 3.92. The number of hydrogen-bond donors (Lipinski definition) is 2. The number of pyridine rings is 1. The highest BCUT2D eigenvalue weighted by Gasteiger charge is 2.28. The number of aromatic nitrogens is 3. The van der Waals surface area contributed by atoms with Crippen molar-refractivity contribution in [3.8, 4) is 0 Å². The van der Waals surface area contributed by atoms with Crippen LogP contribution in [0.1, 0.15) is 13.8 Å². The zero-order valence-corrected chi connectivity index (χ0v) is 11.6. The maximum atomic E-state index is 6.09. The van der Waals surface area contributed by atoms with Gasteiger partial charge >= 0.3 is 0 Å². The molecule has 0 saturated heterocycles. The molecule has 102 valence electrons. The van der Waals surface area contributed by atoms with Crippen molar-refractivity contribution in [1.29, 1.82) is 0 Å². The van der Waals surface area contributed by atoms with E-state index in [0.29, 0.717) is 5.82 Å². The quantitative estimate of drug-likeness (QED) is 0.657. The first-order valence-electron chi connectivity index (χ1n) is 6.83. The fourth-order valence-corrected chi connectivity index (χ4v) is 2.95. The lowest BCUT2D eigenvalue weighted by molar-refractivity contribution is 0.315. The monoisotopic (exact) mass is 267 g/mol. The van der Waals surface area contributed by atoms with Crippen LogP contribution in [0.25, 0.3) is 21.9 Å². The summed E-state index contributed by atoms with van der Waals surface area (Å²) >= 11 is 0. The number of benzene rings is 1. The predicted molar refractivity (Wildman–Crippen MR) is 81.7 cm³/mol. The second-order valence-electron chi connectivity index (χ2n) is 6.25. The number of nitrogens with two attached hydrogens (primary N) is 1. The Labute approximate surface area is 116 Å². The summed E-state index contributed by atoms with van der Waals surface area (Å²) in [4.78, 5) is 9.09. The minimum atomic E-state index is 0.194. The molecule has 1 aromatic carbocycles. The number of anilines is 2. The SMILES string of the molecule is CC1(C)CNc2nc3c(N)nc4ccccc4c3n2C1. The summed E-state index contributed by atoms with van der Waals surface area (Å²) in [6.07, 6.45) is 0. The lowest BCUT2D eigenvalue weighted by atomic mass is 9.92. The van der Waals surface area contributed by atoms with Crippen LogP contribution in [0.15, 0.2) is 24.3 Å². The van der Waals surface area contributed by atoms with Gasteiger partial charge in [0.25, 0.3) is 0 Å². The van der Waals surface area contributed by atoms with E-state index in [-0.39, 0.29) is 5.41 Å². The maximum absolute atomic E-state index is 6.09. The van der Waals surface area contributed by atoms with Gasteiger partial charge in [-0.1, -0.05) is 32.0 Å². The number of para-hydroxylation sites is 1. The van der Waals surface area contributed by atoms with Crippen molar-refractivity contribution in [3.63, 3.8) is 0 Å². The van der Waals surface area contributed by atoms with E-state index in [4.69, 9.17) is 5.73 Å². The predicted octanol–water partition coefficient (Wildman–Crippen LogP) is 2.62. The highest BCUT2D eigenvalue weighted by molar-refractivity contribution is 6.07. The number of hydrogen-bond acceptors (Lipinski definition) is 4. The molecule has 5 heteroatoms. The van der Waals surface area contributed by atoms with Crippen LogP contribution >= 0.6 is 0 Å². The average molecular weight is 267 g/mol. The van der Waals surface area contributed by atoms with Crippen LogP contribution in [0, 0.1) is 5.41 Å². The van der Waals surface area contributed by atoms with Crippen molar-refractivity contribution in [2.45, 2.75) is 20.4 Å². The van der Waals surface area contributed by atoms with E-state index in [0.717, 1.165) is 41.0 Å². The normalized spacial score (nSPS) is 17.1. The first kappa shape index (κ1) is 11.5. The first-order chi connectivity index (χ1) is 9.55. The maximum Gasteiger partial charge on any atom is 0.204 e. The Morgan fingerprint density at radius 2 is 2.05 bits per heavy atom. The summed E-state index contributed by atoms with van der Waals surface area (Å²) in [6, 6.07) is 8.09. The first-order valence-corrected chi connectivity index (χ1v) is 6.83. The lowest BCUT2D eigenvalue weighted by Gasteiger charge is -2.31. The van der Waals surface area contributed by atoms with Gasteiger partial charge in [-0.05, 0) is 6.07 Å². The topological polar surface area (TPSA) is 68.8 Å². The van der Waals surface area contributed by atoms with Gasteiger partial charge in [-0.15, -0.1) is 0 Å². The minimum absolute atomic E-state index is 0.194. The molecule has 0 bridgehead atoms. The summed E-state index contributed by atoms with van der Waals surface area (Å²) in [6.45, 7) is 6.35.